The van der Waals surface area contributed by atoms with Gasteiger partial charge in [-0.2, -0.15) is 0 Å². The first-order valence-electron chi connectivity index (χ1n) is 6.06. The van der Waals surface area contributed by atoms with E-state index in [9.17, 15) is 0 Å². The van der Waals surface area contributed by atoms with E-state index in [1.54, 1.807) is 6.33 Å². The maximum Gasteiger partial charge on any atom is 0.132 e. The van der Waals surface area contributed by atoms with Gasteiger partial charge in [-0.25, -0.2) is 9.97 Å². The predicted molar refractivity (Wildman–Crippen MR) is 63.7 cm³/mol. The van der Waals surface area contributed by atoms with Crippen LogP contribution in [0.25, 0.3) is 0 Å². The monoisotopic (exact) mass is 221 g/mol. The molecule has 1 heterocycles. The van der Waals surface area contributed by atoms with E-state index >= 15 is 0 Å². The lowest BCUT2D eigenvalue weighted by Gasteiger charge is -2.17. The lowest BCUT2D eigenvalue weighted by molar-refractivity contribution is 0.158. The highest BCUT2D eigenvalue weighted by Gasteiger charge is 2.14. The van der Waals surface area contributed by atoms with Crippen LogP contribution < -0.4 is 5.32 Å². The minimum Gasteiger partial charge on any atom is -0.380 e. The Bertz CT molecular complexity index is 341. The molecule has 0 amide bonds. The molecular formula is C12H19N3O. The van der Waals surface area contributed by atoms with Gasteiger partial charge in [0.05, 0.1) is 6.61 Å². The summed E-state index contributed by atoms with van der Waals surface area (Å²) < 4.78 is 5.29. The van der Waals surface area contributed by atoms with E-state index in [1.165, 1.54) is 24.1 Å². The number of aryl methyl sites for hydroxylation is 1. The molecule has 0 fully saturated rings. The molecule has 88 valence electrons. The molecule has 1 aliphatic carbocycles. The van der Waals surface area contributed by atoms with E-state index < -0.39 is 0 Å². The van der Waals surface area contributed by atoms with Crippen molar-refractivity contribution in [3.8, 4) is 0 Å². The van der Waals surface area contributed by atoms with Gasteiger partial charge in [-0.05, 0) is 32.6 Å². The highest BCUT2D eigenvalue weighted by Crippen LogP contribution is 2.23. The molecule has 1 aromatic heterocycles. The second-order valence-electron chi connectivity index (χ2n) is 3.98. The lowest BCUT2D eigenvalue weighted by Crippen LogP contribution is -2.15. The molecule has 0 spiro atoms. The van der Waals surface area contributed by atoms with Crippen LogP contribution >= 0.6 is 0 Å². The summed E-state index contributed by atoms with van der Waals surface area (Å²) in [5.74, 6) is 1.00. The van der Waals surface area contributed by atoms with Crippen LogP contribution in [0.1, 0.15) is 31.0 Å². The number of rotatable bonds is 5. The van der Waals surface area contributed by atoms with Gasteiger partial charge in [-0.15, -0.1) is 0 Å². The molecule has 2 rings (SSSR count). The van der Waals surface area contributed by atoms with Gasteiger partial charge in [0.2, 0.25) is 0 Å². The van der Waals surface area contributed by atoms with Gasteiger partial charge in [0.25, 0.3) is 0 Å². The number of fused-ring (bicyclic) bond motifs is 1. The fourth-order valence-electron chi connectivity index (χ4n) is 2.06. The van der Waals surface area contributed by atoms with Crippen LogP contribution in [0.3, 0.4) is 0 Å². The van der Waals surface area contributed by atoms with Gasteiger partial charge in [0.15, 0.2) is 0 Å². The Kier molecular flexibility index (Phi) is 4.10. The number of hydrogen-bond acceptors (Lipinski definition) is 4. The topological polar surface area (TPSA) is 47.0 Å². The highest BCUT2D eigenvalue weighted by atomic mass is 16.5. The molecule has 0 unspecified atom stereocenters. The highest BCUT2D eigenvalue weighted by molar-refractivity contribution is 5.46. The molecule has 0 aromatic carbocycles. The smallest absolute Gasteiger partial charge is 0.132 e. The summed E-state index contributed by atoms with van der Waals surface area (Å²) in [5.41, 5.74) is 2.53. The van der Waals surface area contributed by atoms with Crippen molar-refractivity contribution in [2.75, 3.05) is 25.1 Å². The van der Waals surface area contributed by atoms with Crippen molar-refractivity contribution in [3.63, 3.8) is 0 Å². The Labute approximate surface area is 96.4 Å². The largest absolute Gasteiger partial charge is 0.380 e. The van der Waals surface area contributed by atoms with Gasteiger partial charge in [-0.1, -0.05) is 0 Å². The van der Waals surface area contributed by atoms with Crippen molar-refractivity contribution >= 4 is 5.82 Å². The molecule has 0 saturated heterocycles. The van der Waals surface area contributed by atoms with Gasteiger partial charge in [-0.3, -0.25) is 0 Å². The molecule has 4 nitrogen and oxygen atoms in total. The summed E-state index contributed by atoms with van der Waals surface area (Å²) in [5, 5.41) is 3.33. The zero-order valence-electron chi connectivity index (χ0n) is 9.83. The normalized spacial score (nSPS) is 14.6. The molecule has 4 heteroatoms. The Morgan fingerprint density at radius 1 is 1.31 bits per heavy atom. The molecule has 0 saturated carbocycles. The number of nitrogens with zero attached hydrogens (tertiary/aromatic N) is 2. The average Bonchev–Trinajstić information content (AvgIpc) is 2.35. The molecule has 0 radical (unpaired) electrons. The first kappa shape index (κ1) is 11.3. The minimum absolute atomic E-state index is 0.731. The van der Waals surface area contributed by atoms with Crippen LogP contribution in [-0.4, -0.2) is 29.7 Å². The quantitative estimate of drug-likeness (QED) is 0.770. The van der Waals surface area contributed by atoms with Crippen molar-refractivity contribution in [1.82, 2.24) is 9.97 Å². The van der Waals surface area contributed by atoms with E-state index in [1.807, 2.05) is 6.92 Å². The zero-order valence-corrected chi connectivity index (χ0v) is 9.83. The Morgan fingerprint density at radius 2 is 2.19 bits per heavy atom. The van der Waals surface area contributed by atoms with Crippen LogP contribution in [0.4, 0.5) is 5.82 Å². The van der Waals surface area contributed by atoms with Gasteiger partial charge in [0.1, 0.15) is 12.1 Å². The van der Waals surface area contributed by atoms with Crippen LogP contribution in [-0.2, 0) is 17.6 Å². The van der Waals surface area contributed by atoms with Crippen molar-refractivity contribution in [2.45, 2.75) is 32.6 Å². The average molecular weight is 221 g/mol. The maximum atomic E-state index is 5.29. The number of nitrogens with one attached hydrogen (secondary N) is 1. The first-order chi connectivity index (χ1) is 7.92. The molecule has 1 aromatic rings. The molecule has 1 N–H and O–H groups in total. The summed E-state index contributed by atoms with van der Waals surface area (Å²) in [6.07, 6.45) is 6.36. The van der Waals surface area contributed by atoms with Gasteiger partial charge in [0, 0.05) is 24.4 Å². The standard InChI is InChI=1S/C12H19N3O/c1-2-16-8-7-13-12-10-5-3-4-6-11(10)14-9-15-12/h9H,2-8H2,1H3,(H,13,14,15). The molecule has 1 aliphatic rings. The number of aromatic nitrogens is 2. The summed E-state index contributed by atoms with van der Waals surface area (Å²) in [7, 11) is 0. The van der Waals surface area contributed by atoms with Crippen LogP contribution in [0, 0.1) is 0 Å². The second kappa shape index (κ2) is 5.80. The van der Waals surface area contributed by atoms with Crippen LogP contribution in [0.2, 0.25) is 0 Å². The third kappa shape index (κ3) is 2.70. The molecule has 0 atom stereocenters. The number of hydrogen-bond donors (Lipinski definition) is 1. The number of ether oxygens (including phenoxy) is 1. The van der Waals surface area contributed by atoms with Crippen molar-refractivity contribution < 1.29 is 4.74 Å². The third-order valence-electron chi connectivity index (χ3n) is 2.87. The fraction of sp³-hybridized carbons (Fsp3) is 0.667. The first-order valence-corrected chi connectivity index (χ1v) is 6.06. The third-order valence-corrected chi connectivity index (χ3v) is 2.87. The van der Waals surface area contributed by atoms with Crippen molar-refractivity contribution in [2.24, 2.45) is 0 Å². The summed E-state index contributed by atoms with van der Waals surface area (Å²) in [6.45, 7) is 4.32. The van der Waals surface area contributed by atoms with Crippen molar-refractivity contribution in [1.29, 1.82) is 0 Å². The lowest BCUT2D eigenvalue weighted by atomic mass is 9.96. The Morgan fingerprint density at radius 3 is 3.06 bits per heavy atom. The Hall–Kier alpha value is -1.16. The Balaban J connectivity index is 1.97. The SMILES string of the molecule is CCOCCNc1ncnc2c1CCCC2. The maximum absolute atomic E-state index is 5.29. The second-order valence-corrected chi connectivity index (χ2v) is 3.98. The van der Waals surface area contributed by atoms with E-state index in [2.05, 4.69) is 15.3 Å². The summed E-state index contributed by atoms with van der Waals surface area (Å²) >= 11 is 0. The summed E-state index contributed by atoms with van der Waals surface area (Å²) in [4.78, 5) is 8.65. The van der Waals surface area contributed by atoms with E-state index in [0.29, 0.717) is 0 Å². The predicted octanol–water partition coefficient (Wildman–Crippen LogP) is 1.80. The molecule has 0 aliphatic heterocycles. The molecular weight excluding hydrogens is 202 g/mol. The number of anilines is 1. The minimum atomic E-state index is 0.731. The zero-order chi connectivity index (χ0) is 11.2. The van der Waals surface area contributed by atoms with Gasteiger partial charge < -0.3 is 10.1 Å². The van der Waals surface area contributed by atoms with Crippen LogP contribution in [0.15, 0.2) is 6.33 Å². The van der Waals surface area contributed by atoms with E-state index in [-0.39, 0.29) is 0 Å². The van der Waals surface area contributed by atoms with Crippen molar-refractivity contribution in [3.05, 3.63) is 17.6 Å². The summed E-state index contributed by atoms with van der Waals surface area (Å²) in [6, 6.07) is 0. The molecule has 0 bridgehead atoms. The van der Waals surface area contributed by atoms with Crippen LogP contribution in [0.5, 0.6) is 0 Å². The van der Waals surface area contributed by atoms with E-state index in [0.717, 1.165) is 38.4 Å². The van der Waals surface area contributed by atoms with Gasteiger partial charge >= 0.3 is 0 Å². The van der Waals surface area contributed by atoms with E-state index in [4.69, 9.17) is 4.74 Å². The fourth-order valence-corrected chi connectivity index (χ4v) is 2.06. The molecule has 16 heavy (non-hydrogen) atoms.